The molecular weight excluding hydrogens is 148 g/mol. The van der Waals surface area contributed by atoms with Crippen LogP contribution in [0.1, 0.15) is 6.42 Å². The first-order chi connectivity index (χ1) is 4.68. The summed E-state index contributed by atoms with van der Waals surface area (Å²) < 4.78 is 0. The molecule has 1 aliphatic rings. The van der Waals surface area contributed by atoms with E-state index in [0.29, 0.717) is 11.1 Å². The molecule has 0 aliphatic carbocycles. The number of halogens is 1. The number of nitrogens with two attached hydrogens (primary N) is 1. The fraction of sp³-hybridized carbons (Fsp3) is 0.714. The number of hydrogen-bond acceptors (Lipinski definition) is 2. The summed E-state index contributed by atoms with van der Waals surface area (Å²) in [4.78, 5) is 2.22. The molecule has 1 saturated heterocycles. The fourth-order valence-electron chi connectivity index (χ4n) is 1.25. The quantitative estimate of drug-likeness (QED) is 0.647. The highest BCUT2D eigenvalue weighted by Crippen LogP contribution is 2.09. The second-order valence-corrected chi connectivity index (χ2v) is 3.34. The van der Waals surface area contributed by atoms with Crippen molar-refractivity contribution < 1.29 is 0 Å². The van der Waals surface area contributed by atoms with E-state index in [4.69, 9.17) is 17.3 Å². The summed E-state index contributed by atoms with van der Waals surface area (Å²) in [5.74, 6) is 0. The van der Waals surface area contributed by atoms with E-state index in [0.717, 1.165) is 26.1 Å². The monoisotopic (exact) mass is 160 g/mol. The molecule has 1 atom stereocenters. The van der Waals surface area contributed by atoms with E-state index >= 15 is 0 Å². The predicted octanol–water partition coefficient (Wildman–Crippen LogP) is 0.772. The summed E-state index contributed by atoms with van der Waals surface area (Å²) in [6, 6.07) is 0.344. The minimum Gasteiger partial charge on any atom is -0.326 e. The molecule has 0 saturated carbocycles. The minimum atomic E-state index is 0.344. The highest BCUT2D eigenvalue weighted by atomic mass is 35.5. The number of hydrogen-bond donors (Lipinski definition) is 1. The van der Waals surface area contributed by atoms with Crippen LogP contribution in [0, 0.1) is 0 Å². The smallest absolute Gasteiger partial charge is 0.0336 e. The van der Waals surface area contributed by atoms with E-state index in [-0.39, 0.29) is 0 Å². The van der Waals surface area contributed by atoms with Crippen LogP contribution in [0.15, 0.2) is 11.6 Å². The lowest BCUT2D eigenvalue weighted by Crippen LogP contribution is -2.27. The average Bonchev–Trinajstić information content (AvgIpc) is 2.13. The maximum absolute atomic E-state index is 5.69. The Bertz CT molecular complexity index is 136. The second kappa shape index (κ2) is 3.37. The summed E-state index contributed by atoms with van der Waals surface area (Å²) in [6.45, 7) is 6.44. The Morgan fingerprint density at radius 1 is 1.80 bits per heavy atom. The molecule has 10 heavy (non-hydrogen) atoms. The van der Waals surface area contributed by atoms with Gasteiger partial charge in [-0.15, -0.1) is 0 Å². The summed E-state index contributed by atoms with van der Waals surface area (Å²) in [7, 11) is 0. The molecule has 3 heteroatoms. The van der Waals surface area contributed by atoms with Gasteiger partial charge < -0.3 is 5.73 Å². The lowest BCUT2D eigenvalue weighted by Gasteiger charge is -2.12. The molecule has 0 radical (unpaired) electrons. The van der Waals surface area contributed by atoms with Crippen LogP contribution in [0.5, 0.6) is 0 Å². The van der Waals surface area contributed by atoms with Gasteiger partial charge in [0.25, 0.3) is 0 Å². The maximum atomic E-state index is 5.69. The van der Waals surface area contributed by atoms with E-state index in [1.165, 1.54) is 0 Å². The highest BCUT2D eigenvalue weighted by molar-refractivity contribution is 6.29. The molecule has 0 bridgehead atoms. The van der Waals surface area contributed by atoms with Crippen molar-refractivity contribution in [1.82, 2.24) is 4.90 Å². The van der Waals surface area contributed by atoms with Crippen LogP contribution in [0.2, 0.25) is 0 Å². The van der Waals surface area contributed by atoms with Gasteiger partial charge in [0.05, 0.1) is 0 Å². The molecule has 0 aromatic carbocycles. The highest BCUT2D eigenvalue weighted by Gasteiger charge is 2.18. The summed E-state index contributed by atoms with van der Waals surface area (Å²) in [5.41, 5.74) is 5.69. The van der Waals surface area contributed by atoms with Crippen LogP contribution in [0.25, 0.3) is 0 Å². The van der Waals surface area contributed by atoms with Gasteiger partial charge >= 0.3 is 0 Å². The Balaban J connectivity index is 2.24. The molecular formula is C7H13ClN2. The Morgan fingerprint density at radius 2 is 2.50 bits per heavy atom. The van der Waals surface area contributed by atoms with Crippen molar-refractivity contribution in [2.24, 2.45) is 5.73 Å². The first kappa shape index (κ1) is 8.05. The largest absolute Gasteiger partial charge is 0.326 e. The van der Waals surface area contributed by atoms with Crippen molar-refractivity contribution in [2.45, 2.75) is 12.5 Å². The molecule has 0 aromatic heterocycles. The van der Waals surface area contributed by atoms with Crippen molar-refractivity contribution in [1.29, 1.82) is 0 Å². The van der Waals surface area contributed by atoms with Crippen LogP contribution in [0.4, 0.5) is 0 Å². The normalized spacial score (nSPS) is 27.2. The molecule has 2 nitrogen and oxygen atoms in total. The molecule has 2 N–H and O–H groups in total. The molecule has 0 amide bonds. The maximum Gasteiger partial charge on any atom is 0.0336 e. The van der Waals surface area contributed by atoms with Crippen molar-refractivity contribution in [3.63, 3.8) is 0 Å². The second-order valence-electron chi connectivity index (χ2n) is 2.80. The van der Waals surface area contributed by atoms with Crippen molar-refractivity contribution in [3.05, 3.63) is 11.6 Å². The van der Waals surface area contributed by atoms with E-state index in [1.807, 2.05) is 0 Å². The van der Waals surface area contributed by atoms with Crippen LogP contribution < -0.4 is 5.73 Å². The fourth-order valence-corrected chi connectivity index (χ4v) is 1.42. The Labute approximate surface area is 66.6 Å². The third kappa shape index (κ3) is 2.29. The molecule has 0 aromatic rings. The van der Waals surface area contributed by atoms with E-state index in [2.05, 4.69) is 11.5 Å². The molecule has 58 valence electrons. The van der Waals surface area contributed by atoms with E-state index < -0.39 is 0 Å². The first-order valence-electron chi connectivity index (χ1n) is 3.49. The Hall–Kier alpha value is -0.0500. The SMILES string of the molecule is C=C(Cl)CN1CCC(N)C1. The van der Waals surface area contributed by atoms with Crippen LogP contribution in [-0.4, -0.2) is 30.6 Å². The summed E-state index contributed by atoms with van der Waals surface area (Å²) in [5, 5.41) is 0.703. The van der Waals surface area contributed by atoms with Crippen LogP contribution >= 0.6 is 11.6 Å². The van der Waals surface area contributed by atoms with Crippen molar-refractivity contribution in [2.75, 3.05) is 19.6 Å². The zero-order chi connectivity index (χ0) is 7.56. The van der Waals surface area contributed by atoms with Gasteiger partial charge in [0, 0.05) is 30.7 Å². The Kier molecular flexibility index (Phi) is 2.72. The zero-order valence-corrected chi connectivity index (χ0v) is 6.77. The third-order valence-electron chi connectivity index (χ3n) is 1.70. The van der Waals surface area contributed by atoms with Crippen LogP contribution in [-0.2, 0) is 0 Å². The minimum absolute atomic E-state index is 0.344. The standard InChI is InChI=1S/C7H13ClN2/c1-6(8)4-10-3-2-7(9)5-10/h7H,1-5,9H2. The number of nitrogens with zero attached hydrogens (tertiary/aromatic N) is 1. The van der Waals surface area contributed by atoms with E-state index in [1.54, 1.807) is 0 Å². The van der Waals surface area contributed by atoms with Gasteiger partial charge in [-0.3, -0.25) is 4.90 Å². The average molecular weight is 161 g/mol. The summed E-state index contributed by atoms with van der Waals surface area (Å²) in [6.07, 6.45) is 1.09. The molecule has 1 heterocycles. The number of rotatable bonds is 2. The predicted molar refractivity (Wildman–Crippen MR) is 44.0 cm³/mol. The van der Waals surface area contributed by atoms with Gasteiger partial charge in [0.1, 0.15) is 0 Å². The molecule has 0 spiro atoms. The van der Waals surface area contributed by atoms with Gasteiger partial charge in [0.2, 0.25) is 0 Å². The zero-order valence-electron chi connectivity index (χ0n) is 6.02. The van der Waals surface area contributed by atoms with Crippen molar-refractivity contribution in [3.8, 4) is 0 Å². The molecule has 1 unspecified atom stereocenters. The lowest BCUT2D eigenvalue weighted by atomic mass is 10.3. The third-order valence-corrected chi connectivity index (χ3v) is 1.82. The topological polar surface area (TPSA) is 29.3 Å². The molecule has 1 rings (SSSR count). The van der Waals surface area contributed by atoms with Crippen LogP contribution in [0.3, 0.4) is 0 Å². The van der Waals surface area contributed by atoms with Gasteiger partial charge in [0.15, 0.2) is 0 Å². The summed E-state index contributed by atoms with van der Waals surface area (Å²) >= 11 is 5.63. The van der Waals surface area contributed by atoms with Gasteiger partial charge in [-0.1, -0.05) is 18.2 Å². The Morgan fingerprint density at radius 3 is 2.90 bits per heavy atom. The van der Waals surface area contributed by atoms with Crippen molar-refractivity contribution >= 4 is 11.6 Å². The van der Waals surface area contributed by atoms with E-state index in [9.17, 15) is 0 Å². The lowest BCUT2D eigenvalue weighted by molar-refractivity contribution is 0.369. The number of likely N-dealkylation sites (tertiary alicyclic amines) is 1. The molecule has 1 aliphatic heterocycles. The molecule has 1 fully saturated rings. The van der Waals surface area contributed by atoms with Gasteiger partial charge in [-0.05, 0) is 6.42 Å². The van der Waals surface area contributed by atoms with Gasteiger partial charge in [-0.2, -0.15) is 0 Å². The first-order valence-corrected chi connectivity index (χ1v) is 3.87. The van der Waals surface area contributed by atoms with Gasteiger partial charge in [-0.25, -0.2) is 0 Å².